The predicted octanol–water partition coefficient (Wildman–Crippen LogP) is 2.05. The van der Waals surface area contributed by atoms with Crippen molar-refractivity contribution in [1.29, 1.82) is 0 Å². The highest BCUT2D eigenvalue weighted by Gasteiger charge is 2.38. The first-order valence-electron chi connectivity index (χ1n) is 7.91. The van der Waals surface area contributed by atoms with Gasteiger partial charge in [0.2, 0.25) is 10.0 Å². The van der Waals surface area contributed by atoms with E-state index in [1.54, 1.807) is 32.9 Å². The Bertz CT molecular complexity index is 715. The van der Waals surface area contributed by atoms with Gasteiger partial charge in [-0.25, -0.2) is 13.2 Å². The lowest BCUT2D eigenvalue weighted by Crippen LogP contribution is -2.58. The van der Waals surface area contributed by atoms with E-state index in [1.807, 2.05) is 0 Å². The molecule has 25 heavy (non-hydrogen) atoms. The molecule has 0 spiro atoms. The van der Waals surface area contributed by atoms with Crippen molar-refractivity contribution in [3.05, 3.63) is 28.7 Å². The number of hydrogen-bond donors (Lipinski definition) is 1. The predicted molar refractivity (Wildman–Crippen MR) is 96.7 cm³/mol. The lowest BCUT2D eigenvalue weighted by atomic mass is 10.2. The van der Waals surface area contributed by atoms with E-state index in [0.29, 0.717) is 0 Å². The molecule has 1 aliphatic heterocycles. The van der Waals surface area contributed by atoms with Gasteiger partial charge in [0.15, 0.2) is 0 Å². The van der Waals surface area contributed by atoms with Crippen LogP contribution in [-0.4, -0.2) is 66.7 Å². The highest BCUT2D eigenvalue weighted by Crippen LogP contribution is 2.24. The summed E-state index contributed by atoms with van der Waals surface area (Å²) in [5, 5.41) is 9.66. The minimum absolute atomic E-state index is 0.0845. The third-order valence-corrected chi connectivity index (χ3v) is 6.21. The number of carbonyl (C=O) groups is 1. The summed E-state index contributed by atoms with van der Waals surface area (Å²) in [6.07, 6.45) is -0.508. The van der Waals surface area contributed by atoms with Crippen LogP contribution < -0.4 is 0 Å². The topological polar surface area (TPSA) is 87.2 Å². The first kappa shape index (κ1) is 20.2. The monoisotopic (exact) mass is 434 g/mol. The van der Waals surface area contributed by atoms with Crippen molar-refractivity contribution in [2.24, 2.45) is 0 Å². The largest absolute Gasteiger partial charge is 0.444 e. The molecule has 1 heterocycles. The minimum atomic E-state index is -3.75. The standard InChI is InChI=1S/C16H23BrN2O5S/c1-16(2,3)24-15(21)18-8-9-19(13(10-18)11-20)25(22,23)14-6-4-12(17)5-7-14/h4-7,13,20H,8-11H2,1-3H3. The molecule has 0 saturated carbocycles. The van der Waals surface area contributed by atoms with Gasteiger partial charge in [-0.2, -0.15) is 4.31 Å². The van der Waals surface area contributed by atoms with E-state index in [9.17, 15) is 18.3 Å². The molecule has 1 unspecified atom stereocenters. The van der Waals surface area contributed by atoms with Gasteiger partial charge in [0.05, 0.1) is 17.5 Å². The Kier molecular flexibility index (Phi) is 6.13. The summed E-state index contributed by atoms with van der Waals surface area (Å²) >= 11 is 3.27. The molecule has 1 saturated heterocycles. The number of halogens is 1. The summed E-state index contributed by atoms with van der Waals surface area (Å²) in [5.41, 5.74) is -0.633. The van der Waals surface area contributed by atoms with E-state index in [-0.39, 0.29) is 31.1 Å². The summed E-state index contributed by atoms with van der Waals surface area (Å²) in [6, 6.07) is 5.60. The maximum atomic E-state index is 12.8. The molecule has 1 N–H and O–H groups in total. The highest BCUT2D eigenvalue weighted by molar-refractivity contribution is 9.10. The molecular formula is C16H23BrN2O5S. The van der Waals surface area contributed by atoms with Crippen LogP contribution in [0.2, 0.25) is 0 Å². The van der Waals surface area contributed by atoms with Crippen LogP contribution in [0.25, 0.3) is 0 Å². The van der Waals surface area contributed by atoms with Crippen LogP contribution in [0.4, 0.5) is 4.79 Å². The summed E-state index contributed by atoms with van der Waals surface area (Å²) in [6.45, 7) is 5.31. The number of piperazine rings is 1. The molecule has 1 aromatic carbocycles. The van der Waals surface area contributed by atoms with Crippen molar-refractivity contribution in [2.45, 2.75) is 37.3 Å². The maximum Gasteiger partial charge on any atom is 0.410 e. The third kappa shape index (κ3) is 4.93. The summed E-state index contributed by atoms with van der Waals surface area (Å²) < 4.78 is 33.0. The number of hydrogen-bond acceptors (Lipinski definition) is 5. The van der Waals surface area contributed by atoms with Gasteiger partial charge in [-0.3, -0.25) is 0 Å². The van der Waals surface area contributed by atoms with Gasteiger partial charge in [0.25, 0.3) is 0 Å². The van der Waals surface area contributed by atoms with Crippen molar-refractivity contribution in [3.8, 4) is 0 Å². The summed E-state index contributed by atoms with van der Waals surface area (Å²) in [7, 11) is -3.75. The molecule has 0 aliphatic carbocycles. The number of sulfonamides is 1. The molecule has 0 radical (unpaired) electrons. The number of aliphatic hydroxyl groups is 1. The zero-order valence-electron chi connectivity index (χ0n) is 14.5. The number of amides is 1. The van der Waals surface area contributed by atoms with Crippen molar-refractivity contribution in [1.82, 2.24) is 9.21 Å². The van der Waals surface area contributed by atoms with Gasteiger partial charge in [0, 0.05) is 24.1 Å². The maximum absolute atomic E-state index is 12.8. The third-order valence-electron chi connectivity index (χ3n) is 3.71. The number of carbonyl (C=O) groups excluding carboxylic acids is 1. The molecule has 1 amide bonds. The van der Waals surface area contributed by atoms with Crippen LogP contribution in [0.1, 0.15) is 20.8 Å². The smallest absolute Gasteiger partial charge is 0.410 e. The zero-order chi connectivity index (χ0) is 18.8. The number of ether oxygens (including phenoxy) is 1. The fourth-order valence-electron chi connectivity index (χ4n) is 2.54. The van der Waals surface area contributed by atoms with Crippen molar-refractivity contribution >= 4 is 32.0 Å². The average Bonchev–Trinajstić information content (AvgIpc) is 2.53. The van der Waals surface area contributed by atoms with Crippen molar-refractivity contribution in [2.75, 3.05) is 26.2 Å². The Balaban J connectivity index is 2.16. The Morgan fingerprint density at radius 1 is 1.28 bits per heavy atom. The second kappa shape index (κ2) is 7.61. The SMILES string of the molecule is CC(C)(C)OC(=O)N1CCN(S(=O)(=O)c2ccc(Br)cc2)C(CO)C1. The van der Waals surface area contributed by atoms with Crippen molar-refractivity contribution < 1.29 is 23.1 Å². The van der Waals surface area contributed by atoms with E-state index in [0.717, 1.165) is 4.47 Å². The Morgan fingerprint density at radius 2 is 1.88 bits per heavy atom. The lowest BCUT2D eigenvalue weighted by Gasteiger charge is -2.40. The molecule has 0 aromatic heterocycles. The Morgan fingerprint density at radius 3 is 2.40 bits per heavy atom. The average molecular weight is 435 g/mol. The molecular weight excluding hydrogens is 412 g/mol. The van der Waals surface area contributed by atoms with Crippen LogP contribution in [0.3, 0.4) is 0 Å². The summed E-state index contributed by atoms with van der Waals surface area (Å²) in [5.74, 6) is 0. The number of aliphatic hydroxyl groups excluding tert-OH is 1. The number of nitrogens with zero attached hydrogens (tertiary/aromatic N) is 2. The van der Waals surface area contributed by atoms with E-state index in [4.69, 9.17) is 4.74 Å². The zero-order valence-corrected chi connectivity index (χ0v) is 16.9. The quantitative estimate of drug-likeness (QED) is 0.786. The van der Waals surface area contributed by atoms with Gasteiger partial charge in [-0.05, 0) is 45.0 Å². The molecule has 9 heteroatoms. The van der Waals surface area contributed by atoms with Crippen LogP contribution >= 0.6 is 15.9 Å². The van der Waals surface area contributed by atoms with Gasteiger partial charge in [0.1, 0.15) is 5.60 Å². The van der Waals surface area contributed by atoms with Crippen LogP contribution in [-0.2, 0) is 14.8 Å². The Hall–Kier alpha value is -1.16. The van der Waals surface area contributed by atoms with Crippen LogP contribution in [0.5, 0.6) is 0 Å². The summed E-state index contributed by atoms with van der Waals surface area (Å²) in [4.78, 5) is 13.8. The first-order valence-corrected chi connectivity index (χ1v) is 10.1. The first-order chi connectivity index (χ1) is 11.5. The van der Waals surface area contributed by atoms with Crippen molar-refractivity contribution in [3.63, 3.8) is 0 Å². The van der Waals surface area contributed by atoms with Gasteiger partial charge >= 0.3 is 6.09 Å². The second-order valence-corrected chi connectivity index (χ2v) is 9.64. The van der Waals surface area contributed by atoms with E-state index in [1.165, 1.54) is 21.3 Å². The van der Waals surface area contributed by atoms with E-state index >= 15 is 0 Å². The lowest BCUT2D eigenvalue weighted by molar-refractivity contribution is 0.00883. The molecule has 1 aromatic rings. The van der Waals surface area contributed by atoms with Crippen LogP contribution in [0.15, 0.2) is 33.6 Å². The van der Waals surface area contributed by atoms with Gasteiger partial charge < -0.3 is 14.7 Å². The molecule has 7 nitrogen and oxygen atoms in total. The normalized spacial score (nSPS) is 19.7. The van der Waals surface area contributed by atoms with E-state index < -0.39 is 27.8 Å². The molecule has 0 bridgehead atoms. The number of benzene rings is 1. The molecule has 2 rings (SSSR count). The van der Waals surface area contributed by atoms with E-state index in [2.05, 4.69) is 15.9 Å². The molecule has 1 fully saturated rings. The molecule has 1 atom stereocenters. The second-order valence-electron chi connectivity index (χ2n) is 6.83. The molecule has 1 aliphatic rings. The van der Waals surface area contributed by atoms with Gasteiger partial charge in [-0.1, -0.05) is 15.9 Å². The fourth-order valence-corrected chi connectivity index (χ4v) is 4.40. The minimum Gasteiger partial charge on any atom is -0.444 e. The highest BCUT2D eigenvalue weighted by atomic mass is 79.9. The van der Waals surface area contributed by atoms with Crippen LogP contribution in [0, 0.1) is 0 Å². The Labute approximate surface area is 156 Å². The van der Waals surface area contributed by atoms with Gasteiger partial charge in [-0.15, -0.1) is 0 Å². The number of rotatable bonds is 3. The molecule has 140 valence electrons. The fraction of sp³-hybridized carbons (Fsp3) is 0.562.